The Bertz CT molecular complexity index is 834. The smallest absolute Gasteiger partial charge is 0.0716 e. The van der Waals surface area contributed by atoms with Crippen LogP contribution in [0.25, 0.3) is 0 Å². The third kappa shape index (κ3) is 3.88. The van der Waals surface area contributed by atoms with Crippen LogP contribution < -0.4 is 0 Å². The molecule has 0 fully saturated rings. The van der Waals surface area contributed by atoms with Gasteiger partial charge < -0.3 is 9.47 Å². The van der Waals surface area contributed by atoms with Crippen molar-refractivity contribution in [1.29, 1.82) is 0 Å². The molecule has 0 atom stereocenters. The van der Waals surface area contributed by atoms with Gasteiger partial charge in [0.15, 0.2) is 0 Å². The van der Waals surface area contributed by atoms with Crippen molar-refractivity contribution in [2.24, 2.45) is 0 Å². The quantitative estimate of drug-likeness (QED) is 0.576. The topological polar surface area (TPSA) is 21.7 Å². The van der Waals surface area contributed by atoms with E-state index in [4.69, 9.17) is 9.47 Å². The van der Waals surface area contributed by atoms with Crippen LogP contribution in [0.15, 0.2) is 72.8 Å². The number of fused-ring (bicyclic) bond motifs is 1. The first-order valence-electron chi connectivity index (χ1n) is 9.75. The molecule has 0 spiro atoms. The van der Waals surface area contributed by atoms with Crippen molar-refractivity contribution in [3.63, 3.8) is 0 Å². The van der Waals surface area contributed by atoms with E-state index in [1.165, 1.54) is 33.4 Å². The van der Waals surface area contributed by atoms with Gasteiger partial charge in [0, 0.05) is 27.3 Å². The van der Waals surface area contributed by atoms with Crippen molar-refractivity contribution in [2.75, 3.05) is 14.2 Å². The number of hydrogen-bond acceptors (Lipinski definition) is 3. The van der Waals surface area contributed by atoms with Gasteiger partial charge in [-0.25, -0.2) is 0 Å². The van der Waals surface area contributed by atoms with E-state index in [2.05, 4.69) is 77.7 Å². The Labute approximate surface area is 167 Å². The summed E-state index contributed by atoms with van der Waals surface area (Å²) >= 11 is 0. The van der Waals surface area contributed by atoms with Gasteiger partial charge in [0.25, 0.3) is 0 Å². The lowest BCUT2D eigenvalue weighted by molar-refractivity contribution is 0.168. The fourth-order valence-corrected chi connectivity index (χ4v) is 4.23. The Balaban J connectivity index is 1.69. The number of hydrogen-bond donors (Lipinski definition) is 0. The highest BCUT2D eigenvalue weighted by Gasteiger charge is 2.29. The van der Waals surface area contributed by atoms with Crippen LogP contribution in [-0.2, 0) is 35.8 Å². The molecule has 1 aliphatic rings. The first-order chi connectivity index (χ1) is 13.8. The van der Waals surface area contributed by atoms with Crippen molar-refractivity contribution in [1.82, 2.24) is 4.90 Å². The third-order valence-electron chi connectivity index (χ3n) is 5.46. The summed E-state index contributed by atoms with van der Waals surface area (Å²) in [6, 6.07) is 26.4. The molecule has 0 bridgehead atoms. The highest BCUT2D eigenvalue weighted by molar-refractivity contribution is 5.42. The SMILES string of the molecule is COCc1cc2c(cc1COC)CN(C(c1ccccc1)c1ccccc1)C2. The molecule has 4 rings (SSSR count). The predicted octanol–water partition coefficient (Wildman–Crippen LogP) is 5.08. The van der Waals surface area contributed by atoms with Crippen molar-refractivity contribution >= 4 is 0 Å². The zero-order chi connectivity index (χ0) is 19.3. The molecule has 1 heterocycles. The van der Waals surface area contributed by atoms with Gasteiger partial charge in [-0.2, -0.15) is 0 Å². The summed E-state index contributed by atoms with van der Waals surface area (Å²) in [4.78, 5) is 2.56. The standard InChI is InChI=1S/C25H27NO2/c1-27-17-23-13-21-15-26(16-22(21)14-24(23)18-28-2)25(19-9-5-3-6-10-19)20-11-7-4-8-12-20/h3-14,25H,15-18H2,1-2H3. The second-order valence-corrected chi connectivity index (χ2v) is 7.38. The largest absolute Gasteiger partial charge is 0.380 e. The lowest BCUT2D eigenvalue weighted by Crippen LogP contribution is -2.24. The minimum absolute atomic E-state index is 0.242. The molecule has 3 aromatic rings. The van der Waals surface area contributed by atoms with E-state index in [1.54, 1.807) is 14.2 Å². The Morgan fingerprint density at radius 1 is 0.714 bits per heavy atom. The Kier molecular flexibility index (Phi) is 5.87. The fraction of sp³-hybridized carbons (Fsp3) is 0.280. The number of nitrogens with zero attached hydrogens (tertiary/aromatic N) is 1. The minimum atomic E-state index is 0.242. The maximum atomic E-state index is 5.42. The summed E-state index contributed by atoms with van der Waals surface area (Å²) in [5.41, 5.74) is 7.89. The summed E-state index contributed by atoms with van der Waals surface area (Å²) in [5.74, 6) is 0. The average molecular weight is 373 g/mol. The van der Waals surface area contributed by atoms with Gasteiger partial charge in [-0.3, -0.25) is 4.90 Å². The maximum absolute atomic E-state index is 5.42. The van der Waals surface area contributed by atoms with E-state index in [-0.39, 0.29) is 6.04 Å². The molecule has 0 unspecified atom stereocenters. The number of benzene rings is 3. The minimum Gasteiger partial charge on any atom is -0.380 e. The first-order valence-corrected chi connectivity index (χ1v) is 9.75. The number of rotatable bonds is 7. The highest BCUT2D eigenvalue weighted by atomic mass is 16.5. The summed E-state index contributed by atoms with van der Waals surface area (Å²) in [5, 5.41) is 0. The molecule has 0 amide bonds. The first kappa shape index (κ1) is 18.9. The molecule has 3 aromatic carbocycles. The van der Waals surface area contributed by atoms with Gasteiger partial charge in [0.05, 0.1) is 19.3 Å². The molecule has 1 aliphatic heterocycles. The van der Waals surface area contributed by atoms with Crippen LogP contribution in [0.4, 0.5) is 0 Å². The Morgan fingerprint density at radius 2 is 1.14 bits per heavy atom. The average Bonchev–Trinajstić information content (AvgIpc) is 3.12. The second-order valence-electron chi connectivity index (χ2n) is 7.38. The van der Waals surface area contributed by atoms with E-state index in [1.807, 2.05) is 0 Å². The summed E-state index contributed by atoms with van der Waals surface area (Å²) in [6.07, 6.45) is 0. The molecule has 0 radical (unpaired) electrons. The molecule has 0 aliphatic carbocycles. The monoisotopic (exact) mass is 373 g/mol. The number of ether oxygens (including phenoxy) is 2. The van der Waals surface area contributed by atoms with Gasteiger partial charge in [0.1, 0.15) is 0 Å². The summed E-state index contributed by atoms with van der Waals surface area (Å²) in [6.45, 7) is 3.11. The van der Waals surface area contributed by atoms with Gasteiger partial charge >= 0.3 is 0 Å². The molecule has 0 N–H and O–H groups in total. The normalized spacial score (nSPS) is 13.8. The third-order valence-corrected chi connectivity index (χ3v) is 5.46. The van der Waals surface area contributed by atoms with Gasteiger partial charge in [-0.05, 0) is 33.4 Å². The van der Waals surface area contributed by atoms with Gasteiger partial charge in [0.2, 0.25) is 0 Å². The Morgan fingerprint density at radius 3 is 1.54 bits per heavy atom. The maximum Gasteiger partial charge on any atom is 0.0716 e. The van der Waals surface area contributed by atoms with E-state index in [0.29, 0.717) is 13.2 Å². The molecule has 3 heteroatoms. The van der Waals surface area contributed by atoms with Crippen LogP contribution in [-0.4, -0.2) is 19.1 Å². The van der Waals surface area contributed by atoms with Crippen molar-refractivity contribution < 1.29 is 9.47 Å². The molecule has 0 saturated heterocycles. The predicted molar refractivity (Wildman–Crippen MR) is 112 cm³/mol. The van der Waals surface area contributed by atoms with E-state index >= 15 is 0 Å². The van der Waals surface area contributed by atoms with Crippen LogP contribution in [0, 0.1) is 0 Å². The van der Waals surface area contributed by atoms with E-state index < -0.39 is 0 Å². The van der Waals surface area contributed by atoms with Gasteiger partial charge in [-0.1, -0.05) is 72.8 Å². The molecule has 144 valence electrons. The van der Waals surface area contributed by atoms with E-state index in [9.17, 15) is 0 Å². The molecular formula is C25H27NO2. The van der Waals surface area contributed by atoms with Crippen molar-refractivity contribution in [3.05, 3.63) is 106 Å². The fourth-order valence-electron chi connectivity index (χ4n) is 4.23. The van der Waals surface area contributed by atoms with Crippen LogP contribution >= 0.6 is 0 Å². The summed E-state index contributed by atoms with van der Waals surface area (Å²) < 4.78 is 10.8. The van der Waals surface area contributed by atoms with Crippen molar-refractivity contribution in [3.8, 4) is 0 Å². The second kappa shape index (κ2) is 8.70. The molecule has 0 saturated carbocycles. The number of methoxy groups -OCH3 is 2. The lowest BCUT2D eigenvalue weighted by atomic mass is 9.97. The highest BCUT2D eigenvalue weighted by Crippen LogP contribution is 2.37. The zero-order valence-corrected chi connectivity index (χ0v) is 16.6. The van der Waals surface area contributed by atoms with Crippen LogP contribution in [0.5, 0.6) is 0 Å². The van der Waals surface area contributed by atoms with Crippen molar-refractivity contribution in [2.45, 2.75) is 32.3 Å². The van der Waals surface area contributed by atoms with E-state index in [0.717, 1.165) is 13.1 Å². The Hall–Kier alpha value is -2.46. The van der Waals surface area contributed by atoms with Crippen LogP contribution in [0.1, 0.15) is 39.4 Å². The van der Waals surface area contributed by atoms with Gasteiger partial charge in [-0.15, -0.1) is 0 Å². The summed E-state index contributed by atoms with van der Waals surface area (Å²) in [7, 11) is 3.49. The van der Waals surface area contributed by atoms with Crippen LogP contribution in [0.3, 0.4) is 0 Å². The molecule has 0 aromatic heterocycles. The zero-order valence-electron chi connectivity index (χ0n) is 16.6. The molecular weight excluding hydrogens is 346 g/mol. The molecule has 28 heavy (non-hydrogen) atoms. The molecule has 3 nitrogen and oxygen atoms in total. The van der Waals surface area contributed by atoms with Crippen LogP contribution in [0.2, 0.25) is 0 Å². The lowest BCUT2D eigenvalue weighted by Gasteiger charge is -2.28.